The normalized spacial score (nSPS) is 7.40. The summed E-state index contributed by atoms with van der Waals surface area (Å²) >= 11 is 5.38. The summed E-state index contributed by atoms with van der Waals surface area (Å²) in [5, 5.41) is 0. The largest absolute Gasteiger partial charge is 0.692 e. The Bertz CT molecular complexity index is 199. The maximum absolute atomic E-state index is 9.43. The molecule has 0 aliphatic heterocycles. The molecule has 0 aliphatic carbocycles. The smallest absolute Gasteiger partial charge is 0.351 e. The number of hydrogen-bond acceptors (Lipinski definition) is 3. The van der Waals surface area contributed by atoms with Gasteiger partial charge < -0.3 is 9.80 Å². The van der Waals surface area contributed by atoms with Crippen molar-refractivity contribution in [3.8, 4) is 0 Å². The lowest BCUT2D eigenvalue weighted by Gasteiger charge is -1.93. The minimum absolute atomic E-state index is 0.750. The fourth-order valence-corrected chi connectivity index (χ4v) is 0.533. The highest BCUT2D eigenvalue weighted by Gasteiger charge is 1.93. The Hall–Kier alpha value is -0.750. The van der Waals surface area contributed by atoms with E-state index in [0.29, 0.717) is 0 Å². The van der Waals surface area contributed by atoms with E-state index < -0.39 is 8.25 Å². The van der Waals surface area contributed by atoms with Crippen molar-refractivity contribution in [3.63, 3.8) is 0 Å². The van der Waals surface area contributed by atoms with Crippen LogP contribution in [-0.2, 0) is 14.2 Å². The highest BCUT2D eigenvalue weighted by Crippen LogP contribution is 1.98. The molecule has 0 rings (SSSR count). The van der Waals surface area contributed by atoms with Crippen molar-refractivity contribution < 1.29 is 23.9 Å². The van der Waals surface area contributed by atoms with Gasteiger partial charge in [0.1, 0.15) is 0 Å². The maximum Gasteiger partial charge on any atom is 0.692 e. The van der Waals surface area contributed by atoms with E-state index >= 15 is 0 Å². The van der Waals surface area contributed by atoms with Crippen LogP contribution in [0.4, 0.5) is 0 Å². The molecule has 0 aromatic heterocycles. The summed E-state index contributed by atoms with van der Waals surface area (Å²) < 4.78 is 8.70. The molecular weight excluding hydrogens is 307 g/mol. The first-order valence-corrected chi connectivity index (χ1v) is 7.53. The van der Waals surface area contributed by atoms with Gasteiger partial charge in [-0.3, -0.25) is 9.59 Å². The Balaban J connectivity index is -0.0000000862. The molecule has 0 unspecified atom stereocenters. The predicted octanol–water partition coefficient (Wildman–Crippen LogP) is 1.45. The van der Waals surface area contributed by atoms with Gasteiger partial charge in [-0.05, 0) is 6.42 Å². The molecule has 2 amide bonds. The van der Waals surface area contributed by atoms with Gasteiger partial charge in [0.25, 0.3) is 0 Å². The summed E-state index contributed by atoms with van der Waals surface area (Å²) in [5.74, 6) is 0.827. The predicted molar refractivity (Wildman–Crippen MR) is 81.8 cm³/mol. The van der Waals surface area contributed by atoms with Crippen LogP contribution in [-0.4, -0.2) is 66.5 Å². The van der Waals surface area contributed by atoms with Crippen LogP contribution in [0.1, 0.15) is 26.2 Å². The Morgan fingerprint density at radius 2 is 1.25 bits per heavy atom. The van der Waals surface area contributed by atoms with E-state index in [1.807, 2.05) is 0 Å². The third-order valence-electron chi connectivity index (χ3n) is 1.16. The number of halogens is 1. The molecule has 0 aromatic rings. The molecule has 0 saturated carbocycles. The van der Waals surface area contributed by atoms with Gasteiger partial charge in [-0.15, -0.1) is 21.4 Å². The third-order valence-corrected chi connectivity index (χ3v) is 1.43. The molecule has 2 N–H and O–H groups in total. The van der Waals surface area contributed by atoms with Gasteiger partial charge in [0.15, 0.2) is 0 Å². The number of amides is 2. The summed E-state index contributed by atoms with van der Waals surface area (Å²) in [7, 11) is 3.88. The van der Waals surface area contributed by atoms with E-state index in [-0.39, 0.29) is 0 Å². The van der Waals surface area contributed by atoms with E-state index in [1.165, 1.54) is 29.1 Å². The average molecular weight is 334 g/mol. The van der Waals surface area contributed by atoms with E-state index in [1.54, 1.807) is 28.2 Å². The second kappa shape index (κ2) is 26.7. The zero-order valence-electron chi connectivity index (χ0n) is 12.8. The van der Waals surface area contributed by atoms with Crippen LogP contribution in [0, 0.1) is 0 Å². The number of unbranched alkanes of at least 4 members (excludes halogenated alkanes) is 2. The number of carbonyl (C=O) groups excluding carboxylic acids is 2. The van der Waals surface area contributed by atoms with E-state index in [0.717, 1.165) is 18.7 Å². The van der Waals surface area contributed by atoms with Gasteiger partial charge in [-0.25, -0.2) is 0 Å². The summed E-state index contributed by atoms with van der Waals surface area (Å²) in [6, 6.07) is 0. The zero-order valence-corrected chi connectivity index (χ0v) is 14.5. The van der Waals surface area contributed by atoms with Gasteiger partial charge in [0.05, 0.1) is 0 Å². The monoisotopic (exact) mass is 333 g/mol. The molecule has 0 aromatic carbocycles. The first-order valence-electron chi connectivity index (χ1n) is 5.83. The minimum atomic E-state index is -2.87. The van der Waals surface area contributed by atoms with Crippen LogP contribution < -0.4 is 0 Å². The molecule has 0 atom stereocenters. The molecule has 0 radical (unpaired) electrons. The van der Waals surface area contributed by atoms with E-state index in [9.17, 15) is 9.59 Å². The Morgan fingerprint density at radius 3 is 1.30 bits per heavy atom. The quantitative estimate of drug-likeness (QED) is 0.343. The molecule has 9 heteroatoms. The fraction of sp³-hybridized carbons (Fsp3) is 0.818. The molecule has 0 heterocycles. The zero-order chi connectivity index (χ0) is 17.0. The SMILES string of the molecule is CCCCCCl.CN(C)C=O.CN(C)C=O.O=[P+](O)O. The molecule has 0 bridgehead atoms. The molecular formula is C11H27ClN2O5P+. The summed E-state index contributed by atoms with van der Waals surface area (Å²) in [6.07, 6.45) is 5.23. The van der Waals surface area contributed by atoms with Gasteiger partial charge in [0.2, 0.25) is 12.8 Å². The second-order valence-corrected chi connectivity index (χ2v) is 4.67. The Morgan fingerprint density at radius 1 is 1.00 bits per heavy atom. The fourth-order valence-electron chi connectivity index (χ4n) is 0.344. The molecule has 0 aliphatic rings. The van der Waals surface area contributed by atoms with Crippen molar-refractivity contribution in [2.24, 2.45) is 0 Å². The summed E-state index contributed by atoms with van der Waals surface area (Å²) in [4.78, 5) is 36.0. The van der Waals surface area contributed by atoms with Gasteiger partial charge in [-0.1, -0.05) is 19.8 Å². The van der Waals surface area contributed by atoms with E-state index in [4.69, 9.17) is 26.0 Å². The van der Waals surface area contributed by atoms with Gasteiger partial charge in [0, 0.05) is 38.6 Å². The maximum atomic E-state index is 9.43. The van der Waals surface area contributed by atoms with Crippen LogP contribution in [0.15, 0.2) is 0 Å². The van der Waals surface area contributed by atoms with Crippen LogP contribution in [0.2, 0.25) is 0 Å². The molecule has 0 saturated heterocycles. The summed E-state index contributed by atoms with van der Waals surface area (Å²) in [5.41, 5.74) is 0. The number of nitrogens with zero attached hydrogens (tertiary/aromatic N) is 2. The number of hydrogen-bond donors (Lipinski definition) is 2. The number of carbonyl (C=O) groups is 2. The number of rotatable bonds is 5. The van der Waals surface area contributed by atoms with Crippen LogP contribution >= 0.6 is 19.9 Å². The molecule has 7 nitrogen and oxygen atoms in total. The average Bonchev–Trinajstić information content (AvgIpc) is 2.37. The topological polar surface area (TPSA) is 98.2 Å². The summed E-state index contributed by atoms with van der Waals surface area (Å²) in [6.45, 7) is 2.17. The highest BCUT2D eigenvalue weighted by atomic mass is 35.5. The molecule has 0 fully saturated rings. The second-order valence-electron chi connectivity index (χ2n) is 3.79. The van der Waals surface area contributed by atoms with Crippen molar-refractivity contribution in [2.45, 2.75) is 26.2 Å². The lowest BCUT2D eigenvalue weighted by molar-refractivity contribution is -0.116. The first-order chi connectivity index (χ1) is 9.19. The standard InChI is InChI=1S/C5H11Cl.2C3H7NO.HO3P/c1-2-3-4-5-6;2*1-4(2)3-5;1-4(2)3/h2-5H2,1H3;2*3H,1-2H3;(H-,1,2,3)/p+1. The number of alkyl halides is 1. The van der Waals surface area contributed by atoms with E-state index in [2.05, 4.69) is 6.92 Å². The van der Waals surface area contributed by atoms with Gasteiger partial charge >= 0.3 is 8.25 Å². The lowest BCUT2D eigenvalue weighted by Crippen LogP contribution is -2.06. The van der Waals surface area contributed by atoms with Crippen molar-refractivity contribution >= 4 is 32.7 Å². The highest BCUT2D eigenvalue weighted by molar-refractivity contribution is 7.30. The van der Waals surface area contributed by atoms with Crippen LogP contribution in [0.25, 0.3) is 0 Å². The van der Waals surface area contributed by atoms with Crippen LogP contribution in [0.5, 0.6) is 0 Å². The van der Waals surface area contributed by atoms with Gasteiger partial charge in [-0.2, -0.15) is 0 Å². The van der Waals surface area contributed by atoms with Crippen molar-refractivity contribution in [1.82, 2.24) is 9.80 Å². The Labute approximate surface area is 127 Å². The van der Waals surface area contributed by atoms with Crippen LogP contribution in [0.3, 0.4) is 0 Å². The molecule has 122 valence electrons. The third kappa shape index (κ3) is 117. The van der Waals surface area contributed by atoms with Crippen molar-refractivity contribution in [2.75, 3.05) is 34.1 Å². The minimum Gasteiger partial charge on any atom is -0.351 e. The Kier molecular flexibility index (Phi) is 36.9. The van der Waals surface area contributed by atoms with Crippen molar-refractivity contribution in [1.29, 1.82) is 0 Å². The molecule has 0 spiro atoms. The molecule has 20 heavy (non-hydrogen) atoms. The lowest BCUT2D eigenvalue weighted by atomic mass is 10.3. The van der Waals surface area contributed by atoms with Crippen molar-refractivity contribution in [3.05, 3.63) is 0 Å². The first kappa shape index (κ1) is 27.6.